The van der Waals surface area contributed by atoms with Crippen molar-refractivity contribution in [3.63, 3.8) is 0 Å². The zero-order chi connectivity index (χ0) is 9.42. The highest BCUT2D eigenvalue weighted by Gasteiger charge is 2.04. The Bertz CT molecular complexity index is 522. The second kappa shape index (κ2) is 3.63. The lowest BCUT2D eigenvalue weighted by molar-refractivity contribution is 1.15. The Balaban J connectivity index is 0.000000980. The van der Waals surface area contributed by atoms with Crippen LogP contribution in [-0.4, -0.2) is 15.0 Å². The third kappa shape index (κ3) is 1.54. The maximum atomic E-state index is 11.4. The van der Waals surface area contributed by atoms with Gasteiger partial charge in [0.15, 0.2) is 5.65 Å². The minimum Gasteiger partial charge on any atom is -0.369 e. The molecule has 0 fully saturated rings. The van der Waals surface area contributed by atoms with Gasteiger partial charge in [0, 0.05) is 6.20 Å². The lowest BCUT2D eigenvalue weighted by Crippen LogP contribution is -2.12. The van der Waals surface area contributed by atoms with Crippen LogP contribution >= 0.6 is 12.4 Å². The van der Waals surface area contributed by atoms with Gasteiger partial charge in [-0.3, -0.25) is 9.78 Å². The van der Waals surface area contributed by atoms with Crippen molar-refractivity contribution in [1.29, 1.82) is 0 Å². The number of fused-ring (bicyclic) bond motifs is 1. The number of halogens is 1. The molecule has 74 valence electrons. The van der Waals surface area contributed by atoms with Crippen LogP contribution in [0.5, 0.6) is 0 Å². The molecule has 0 aliphatic rings. The molecule has 5 nitrogen and oxygen atoms in total. The van der Waals surface area contributed by atoms with Crippen molar-refractivity contribution in [2.24, 2.45) is 0 Å². The highest BCUT2D eigenvalue weighted by Crippen LogP contribution is 2.08. The van der Waals surface area contributed by atoms with Crippen LogP contribution in [0.25, 0.3) is 11.0 Å². The van der Waals surface area contributed by atoms with Crippen molar-refractivity contribution in [3.8, 4) is 0 Å². The molecule has 0 atom stereocenters. The molecule has 3 N–H and O–H groups in total. The van der Waals surface area contributed by atoms with Crippen LogP contribution in [0.2, 0.25) is 0 Å². The summed E-state index contributed by atoms with van der Waals surface area (Å²) in [6.45, 7) is 1.83. The topological polar surface area (TPSA) is 84.7 Å². The molecule has 0 amide bonds. The first-order valence-electron chi connectivity index (χ1n) is 3.79. The lowest BCUT2D eigenvalue weighted by Gasteiger charge is -1.99. The van der Waals surface area contributed by atoms with E-state index in [-0.39, 0.29) is 23.9 Å². The molecule has 0 spiro atoms. The van der Waals surface area contributed by atoms with Gasteiger partial charge in [-0.25, -0.2) is 4.98 Å². The van der Waals surface area contributed by atoms with Gasteiger partial charge < -0.3 is 5.73 Å². The zero-order valence-electron chi connectivity index (χ0n) is 7.44. The Labute approximate surface area is 85.8 Å². The molecule has 2 heterocycles. The zero-order valence-corrected chi connectivity index (χ0v) is 8.26. The number of hydrogen-bond donors (Lipinski definition) is 2. The number of nitrogen functional groups attached to an aromatic ring is 1. The van der Waals surface area contributed by atoms with Gasteiger partial charge in [0.2, 0.25) is 5.95 Å². The summed E-state index contributed by atoms with van der Waals surface area (Å²) >= 11 is 0. The molecular formula is C8H9ClN4O. The van der Waals surface area contributed by atoms with Crippen LogP contribution in [0.4, 0.5) is 5.95 Å². The monoisotopic (exact) mass is 212 g/mol. The number of pyridine rings is 1. The van der Waals surface area contributed by atoms with Gasteiger partial charge in [-0.15, -0.1) is 12.4 Å². The molecule has 0 radical (unpaired) electrons. The van der Waals surface area contributed by atoms with Gasteiger partial charge in [0.05, 0.1) is 5.39 Å². The number of aryl methyl sites for hydroxylation is 1. The molecule has 0 saturated carbocycles. The average molecular weight is 213 g/mol. The van der Waals surface area contributed by atoms with Crippen LogP contribution in [-0.2, 0) is 0 Å². The smallest absolute Gasteiger partial charge is 0.262 e. The van der Waals surface area contributed by atoms with E-state index < -0.39 is 0 Å². The molecule has 0 bridgehead atoms. The summed E-state index contributed by atoms with van der Waals surface area (Å²) in [5.74, 6) is 0.0931. The van der Waals surface area contributed by atoms with E-state index in [1.165, 1.54) is 0 Å². The van der Waals surface area contributed by atoms with Crippen molar-refractivity contribution < 1.29 is 0 Å². The van der Waals surface area contributed by atoms with Crippen molar-refractivity contribution in [2.45, 2.75) is 6.92 Å². The van der Waals surface area contributed by atoms with E-state index >= 15 is 0 Å². The number of nitrogens with zero attached hydrogens (tertiary/aromatic N) is 2. The molecule has 0 aliphatic heterocycles. The Morgan fingerprint density at radius 1 is 1.50 bits per heavy atom. The Kier molecular flexibility index (Phi) is 2.71. The molecular weight excluding hydrogens is 204 g/mol. The second-order valence-corrected chi connectivity index (χ2v) is 2.78. The van der Waals surface area contributed by atoms with Crippen molar-refractivity contribution >= 4 is 29.4 Å². The predicted molar refractivity (Wildman–Crippen MR) is 56.6 cm³/mol. The second-order valence-electron chi connectivity index (χ2n) is 2.78. The number of hydrogen-bond acceptors (Lipinski definition) is 4. The molecule has 2 aromatic rings. The molecule has 2 aromatic heterocycles. The summed E-state index contributed by atoms with van der Waals surface area (Å²) < 4.78 is 0. The van der Waals surface area contributed by atoms with E-state index in [0.29, 0.717) is 11.0 Å². The SMILES string of the molecule is Cc1ccnc2nc(N)[nH]c(=O)c12.Cl. The summed E-state index contributed by atoms with van der Waals surface area (Å²) in [6, 6.07) is 1.76. The molecule has 0 saturated heterocycles. The van der Waals surface area contributed by atoms with Gasteiger partial charge in [0.25, 0.3) is 5.56 Å². The first-order chi connectivity index (χ1) is 6.18. The van der Waals surface area contributed by atoms with Crippen LogP contribution in [0.1, 0.15) is 5.56 Å². The minimum absolute atomic E-state index is 0. The first kappa shape index (κ1) is 10.5. The Morgan fingerprint density at radius 3 is 2.93 bits per heavy atom. The van der Waals surface area contributed by atoms with Crippen molar-refractivity contribution in [2.75, 3.05) is 5.73 Å². The predicted octanol–water partition coefficient (Wildman–Crippen LogP) is 0.631. The number of aromatic nitrogens is 3. The summed E-state index contributed by atoms with van der Waals surface area (Å²) in [4.78, 5) is 21.7. The number of nitrogens with one attached hydrogen (secondary N) is 1. The average Bonchev–Trinajstić information content (AvgIpc) is 2.02. The van der Waals surface area contributed by atoms with Gasteiger partial charge >= 0.3 is 0 Å². The van der Waals surface area contributed by atoms with Crippen molar-refractivity contribution in [1.82, 2.24) is 15.0 Å². The van der Waals surface area contributed by atoms with Crippen molar-refractivity contribution in [3.05, 3.63) is 28.2 Å². The van der Waals surface area contributed by atoms with Crippen LogP contribution in [0, 0.1) is 6.92 Å². The van der Waals surface area contributed by atoms with Gasteiger partial charge in [-0.05, 0) is 18.6 Å². The third-order valence-corrected chi connectivity index (χ3v) is 1.83. The summed E-state index contributed by atoms with van der Waals surface area (Å²) in [5, 5.41) is 0.497. The number of aromatic amines is 1. The summed E-state index contributed by atoms with van der Waals surface area (Å²) in [5.41, 5.74) is 6.36. The minimum atomic E-state index is -0.242. The van der Waals surface area contributed by atoms with E-state index in [4.69, 9.17) is 5.73 Å². The van der Waals surface area contributed by atoms with Crippen LogP contribution < -0.4 is 11.3 Å². The van der Waals surface area contributed by atoms with E-state index in [0.717, 1.165) is 5.56 Å². The summed E-state index contributed by atoms with van der Waals surface area (Å²) in [7, 11) is 0. The van der Waals surface area contributed by atoms with Crippen LogP contribution in [0.3, 0.4) is 0 Å². The summed E-state index contributed by atoms with van der Waals surface area (Å²) in [6.07, 6.45) is 1.60. The molecule has 14 heavy (non-hydrogen) atoms. The number of H-pyrrole nitrogens is 1. The van der Waals surface area contributed by atoms with Gasteiger partial charge in [-0.1, -0.05) is 0 Å². The maximum absolute atomic E-state index is 11.4. The fourth-order valence-electron chi connectivity index (χ4n) is 1.23. The molecule has 6 heteroatoms. The highest BCUT2D eigenvalue weighted by atomic mass is 35.5. The van der Waals surface area contributed by atoms with E-state index in [9.17, 15) is 4.79 Å². The third-order valence-electron chi connectivity index (χ3n) is 1.83. The number of nitrogens with two attached hydrogens (primary N) is 1. The normalized spacial score (nSPS) is 9.79. The largest absolute Gasteiger partial charge is 0.369 e. The Hall–Kier alpha value is -1.62. The lowest BCUT2D eigenvalue weighted by atomic mass is 10.2. The fourth-order valence-corrected chi connectivity index (χ4v) is 1.23. The highest BCUT2D eigenvalue weighted by molar-refractivity contribution is 5.85. The quantitative estimate of drug-likeness (QED) is 0.671. The molecule has 0 aliphatic carbocycles. The fraction of sp³-hybridized carbons (Fsp3) is 0.125. The first-order valence-corrected chi connectivity index (χ1v) is 3.79. The van der Waals surface area contributed by atoms with Gasteiger partial charge in [-0.2, -0.15) is 4.98 Å². The van der Waals surface area contributed by atoms with E-state index in [1.807, 2.05) is 6.92 Å². The molecule has 0 unspecified atom stereocenters. The van der Waals surface area contributed by atoms with E-state index in [2.05, 4.69) is 15.0 Å². The van der Waals surface area contributed by atoms with Gasteiger partial charge in [0.1, 0.15) is 0 Å². The standard InChI is InChI=1S/C8H8N4O.ClH/c1-4-2-3-10-6-5(4)7(13)12-8(9)11-6;/h2-3H,1H3,(H3,9,10,11,12,13);1H. The maximum Gasteiger partial charge on any atom is 0.262 e. The Morgan fingerprint density at radius 2 is 2.21 bits per heavy atom. The number of rotatable bonds is 0. The number of anilines is 1. The van der Waals surface area contributed by atoms with Crippen LogP contribution in [0.15, 0.2) is 17.1 Å². The molecule has 0 aromatic carbocycles. The molecule has 2 rings (SSSR count). The van der Waals surface area contributed by atoms with E-state index in [1.54, 1.807) is 12.3 Å².